The van der Waals surface area contributed by atoms with Crippen molar-refractivity contribution in [2.24, 2.45) is 0 Å². The van der Waals surface area contributed by atoms with Crippen LogP contribution in [0.25, 0.3) is 10.9 Å². The number of aryl methyl sites for hydroxylation is 1. The molecule has 0 radical (unpaired) electrons. The summed E-state index contributed by atoms with van der Waals surface area (Å²) in [4.78, 5) is 11.3. The largest absolute Gasteiger partial charge is 0.573 e. The molecule has 6 nitrogen and oxygen atoms in total. The van der Waals surface area contributed by atoms with Crippen molar-refractivity contribution in [3.63, 3.8) is 0 Å². The number of aromatic nitrogens is 1. The monoisotopic (exact) mass is 441 g/mol. The Bertz CT molecular complexity index is 1080. The van der Waals surface area contributed by atoms with Crippen molar-refractivity contribution in [3.8, 4) is 11.5 Å². The van der Waals surface area contributed by atoms with Crippen LogP contribution in [-0.2, 0) is 22.2 Å². The maximum atomic E-state index is 13.1. The number of hydrogen-bond acceptors (Lipinski definition) is 4. The second-order valence-electron chi connectivity index (χ2n) is 6.25. The number of benzene rings is 2. The second-order valence-corrected chi connectivity index (χ2v) is 7.62. The highest BCUT2D eigenvalue weighted by Gasteiger charge is 2.31. The van der Waals surface area contributed by atoms with Crippen molar-refractivity contribution in [1.82, 2.24) is 3.97 Å². The molecule has 0 bridgehead atoms. The predicted molar refractivity (Wildman–Crippen MR) is 104 cm³/mol. The van der Waals surface area contributed by atoms with Crippen LogP contribution in [0.1, 0.15) is 18.9 Å². The molecule has 160 valence electrons. The van der Waals surface area contributed by atoms with E-state index in [0.717, 1.165) is 12.1 Å². The predicted octanol–water partition coefficient (Wildman–Crippen LogP) is 4.53. The number of alkyl halides is 3. The summed E-state index contributed by atoms with van der Waals surface area (Å²) in [7, 11) is -1.76. The van der Waals surface area contributed by atoms with Gasteiger partial charge in [0.1, 0.15) is 11.5 Å². The summed E-state index contributed by atoms with van der Waals surface area (Å²) in [6.45, 7) is 2.29. The number of fused-ring (bicyclic) bond motifs is 1. The normalized spacial score (nSPS) is 12.7. The third-order valence-corrected chi connectivity index (χ3v) is 5.52. The molecule has 3 aromatic rings. The average Bonchev–Trinajstić information content (AvgIpc) is 3.03. The van der Waals surface area contributed by atoms with E-state index >= 15 is 0 Å². The van der Waals surface area contributed by atoms with Crippen LogP contribution in [0.4, 0.5) is 13.2 Å². The summed E-state index contributed by atoms with van der Waals surface area (Å²) < 4.78 is 60.8. The van der Waals surface area contributed by atoms with Gasteiger partial charge >= 0.3 is 12.3 Å². The molecular weight excluding hydrogens is 423 g/mol. The fraction of sp³-hybridized carbons (Fsp3) is 0.250. The van der Waals surface area contributed by atoms with E-state index in [9.17, 15) is 22.2 Å². The number of aliphatic carboxylic acids is 1. The first-order valence-electron chi connectivity index (χ1n) is 8.94. The summed E-state index contributed by atoms with van der Waals surface area (Å²) in [5, 5.41) is 9.70. The number of carbonyl (C=O) groups is 1. The summed E-state index contributed by atoms with van der Waals surface area (Å²) in [5.74, 6) is -0.777. The van der Waals surface area contributed by atoms with Gasteiger partial charge in [0.05, 0.1) is 17.0 Å². The van der Waals surface area contributed by atoms with E-state index in [1.807, 2.05) is 6.92 Å². The zero-order valence-electron chi connectivity index (χ0n) is 15.8. The average molecular weight is 441 g/mol. The van der Waals surface area contributed by atoms with E-state index in [1.54, 1.807) is 24.4 Å². The van der Waals surface area contributed by atoms with Crippen molar-refractivity contribution >= 4 is 27.9 Å². The van der Waals surface area contributed by atoms with Crippen LogP contribution in [0.3, 0.4) is 0 Å². The molecule has 0 amide bonds. The molecule has 10 heteroatoms. The van der Waals surface area contributed by atoms with Gasteiger partial charge in [-0.1, -0.05) is 0 Å². The minimum Gasteiger partial charge on any atom is -0.494 e. The van der Waals surface area contributed by atoms with Gasteiger partial charge in [-0.2, -0.15) is 0 Å². The van der Waals surface area contributed by atoms with Crippen molar-refractivity contribution in [2.75, 3.05) is 6.61 Å². The zero-order chi connectivity index (χ0) is 21.9. The highest BCUT2D eigenvalue weighted by Crippen LogP contribution is 2.30. The molecule has 0 aliphatic rings. The maximum absolute atomic E-state index is 13.1. The van der Waals surface area contributed by atoms with Gasteiger partial charge in [-0.05, 0) is 61.4 Å². The van der Waals surface area contributed by atoms with Crippen molar-refractivity contribution in [1.29, 1.82) is 0 Å². The highest BCUT2D eigenvalue weighted by molar-refractivity contribution is 7.83. The Balaban J connectivity index is 1.97. The quantitative estimate of drug-likeness (QED) is 0.556. The number of rotatable bonds is 8. The molecule has 0 saturated heterocycles. The molecule has 1 atom stereocenters. The molecule has 1 N–H and O–H groups in total. The third-order valence-electron chi connectivity index (χ3n) is 4.18. The first kappa shape index (κ1) is 21.7. The molecule has 0 aliphatic heterocycles. The molecule has 0 saturated carbocycles. The van der Waals surface area contributed by atoms with Gasteiger partial charge in [0.25, 0.3) is 0 Å². The van der Waals surface area contributed by atoms with Gasteiger partial charge in [0.15, 0.2) is 11.0 Å². The minimum atomic E-state index is -4.81. The molecule has 0 spiro atoms. The van der Waals surface area contributed by atoms with E-state index in [2.05, 4.69) is 4.74 Å². The molecular formula is C20H18F3NO5S. The van der Waals surface area contributed by atoms with Gasteiger partial charge in [-0.15, -0.1) is 13.2 Å². The van der Waals surface area contributed by atoms with E-state index in [4.69, 9.17) is 9.84 Å². The molecule has 2 aromatic carbocycles. The summed E-state index contributed by atoms with van der Waals surface area (Å²) >= 11 is 0. The molecule has 30 heavy (non-hydrogen) atoms. The van der Waals surface area contributed by atoms with Crippen molar-refractivity contribution in [2.45, 2.75) is 31.0 Å². The topological polar surface area (TPSA) is 77.8 Å². The van der Waals surface area contributed by atoms with Gasteiger partial charge in [-0.25, -0.2) is 4.21 Å². The zero-order valence-corrected chi connectivity index (χ0v) is 16.6. The van der Waals surface area contributed by atoms with Gasteiger partial charge in [0, 0.05) is 18.0 Å². The summed E-state index contributed by atoms with van der Waals surface area (Å²) in [5.41, 5.74) is 1.27. The summed E-state index contributed by atoms with van der Waals surface area (Å²) in [6, 6.07) is 9.92. The highest BCUT2D eigenvalue weighted by atomic mass is 32.2. The van der Waals surface area contributed by atoms with Gasteiger partial charge < -0.3 is 14.6 Å². The molecule has 0 fully saturated rings. The Kier molecular flexibility index (Phi) is 6.35. The Hall–Kier alpha value is -3.01. The SMILES string of the molecule is CCOc1ccc2c(c1)c(CCC(=O)O)cn2S(=O)c1ccc(OC(F)(F)F)cc1. The van der Waals surface area contributed by atoms with Gasteiger partial charge in [-0.3, -0.25) is 8.77 Å². The van der Waals surface area contributed by atoms with Crippen LogP contribution in [0, 0.1) is 0 Å². The standard InChI is InChI=1S/C20H18F3NO5S/c1-2-28-15-6-9-18-17(11-15)13(3-10-19(25)26)12-24(18)30(27)16-7-4-14(5-8-16)29-20(21,22)23/h4-9,11-12H,2-3,10H2,1H3,(H,25,26). The van der Waals surface area contributed by atoms with Crippen molar-refractivity contribution in [3.05, 3.63) is 54.2 Å². The molecule has 1 unspecified atom stereocenters. The number of carboxylic acids is 1. The van der Waals surface area contributed by atoms with E-state index in [0.29, 0.717) is 28.8 Å². The molecule has 1 heterocycles. The minimum absolute atomic E-state index is 0.103. The fourth-order valence-corrected chi connectivity index (χ4v) is 4.11. The van der Waals surface area contributed by atoms with Crippen LogP contribution < -0.4 is 9.47 Å². The lowest BCUT2D eigenvalue weighted by atomic mass is 10.1. The van der Waals surface area contributed by atoms with Gasteiger partial charge in [0.2, 0.25) is 0 Å². The lowest BCUT2D eigenvalue weighted by Crippen LogP contribution is -2.17. The summed E-state index contributed by atoms with van der Waals surface area (Å²) in [6.07, 6.45) is -3.09. The molecule has 0 aliphatic carbocycles. The fourth-order valence-electron chi connectivity index (χ4n) is 2.95. The lowest BCUT2D eigenvalue weighted by Gasteiger charge is -2.10. The number of hydrogen-bond donors (Lipinski definition) is 1. The van der Waals surface area contributed by atoms with Crippen LogP contribution in [0.15, 0.2) is 53.6 Å². The first-order valence-corrected chi connectivity index (χ1v) is 10.0. The number of nitrogens with zero attached hydrogens (tertiary/aromatic N) is 1. The van der Waals surface area contributed by atoms with Crippen LogP contribution in [0.2, 0.25) is 0 Å². The van der Waals surface area contributed by atoms with E-state index in [1.165, 1.54) is 16.1 Å². The maximum Gasteiger partial charge on any atom is 0.573 e. The Morgan fingerprint density at radius 2 is 1.80 bits per heavy atom. The number of ether oxygens (including phenoxy) is 2. The Morgan fingerprint density at radius 3 is 2.40 bits per heavy atom. The van der Waals surface area contributed by atoms with Crippen LogP contribution in [-0.4, -0.2) is 32.2 Å². The Morgan fingerprint density at radius 1 is 1.13 bits per heavy atom. The third kappa shape index (κ3) is 5.12. The second kappa shape index (κ2) is 8.78. The van der Waals surface area contributed by atoms with E-state index < -0.39 is 29.1 Å². The first-order chi connectivity index (χ1) is 14.2. The smallest absolute Gasteiger partial charge is 0.494 e. The van der Waals surface area contributed by atoms with E-state index in [-0.39, 0.29) is 17.7 Å². The lowest BCUT2D eigenvalue weighted by molar-refractivity contribution is -0.274. The van der Waals surface area contributed by atoms with Crippen molar-refractivity contribution < 1.29 is 36.8 Å². The molecule has 3 rings (SSSR count). The number of carboxylic acid groups (broad SMARTS) is 1. The number of halogens is 3. The van der Waals surface area contributed by atoms with Crippen LogP contribution in [0.5, 0.6) is 11.5 Å². The molecule has 1 aromatic heterocycles. The van der Waals surface area contributed by atoms with Crippen LogP contribution >= 0.6 is 0 Å². The Labute approximate surface area is 172 Å².